The van der Waals surface area contributed by atoms with E-state index >= 15 is 0 Å². The van der Waals surface area contributed by atoms with E-state index in [1.165, 1.54) is 0 Å². The zero-order valence-corrected chi connectivity index (χ0v) is 20.1. The summed E-state index contributed by atoms with van der Waals surface area (Å²) in [6.45, 7) is 10.7. The van der Waals surface area contributed by atoms with Gasteiger partial charge in [-0.1, -0.05) is 37.5 Å². The molecule has 7 heteroatoms. The van der Waals surface area contributed by atoms with E-state index in [9.17, 15) is 29.7 Å². The Hall–Kier alpha value is -1.84. The molecule has 31 heavy (non-hydrogen) atoms. The number of carbonyl (C=O) groups excluding carboxylic acids is 3. The van der Waals surface area contributed by atoms with E-state index in [1.54, 1.807) is 0 Å². The molecule has 0 atom stereocenters. The number of carboxylic acids is 3. The number of hydrogen-bond acceptors (Lipinski definition) is 6. The summed E-state index contributed by atoms with van der Waals surface area (Å²) >= 11 is 0. The van der Waals surface area contributed by atoms with Crippen molar-refractivity contribution >= 4 is 35.3 Å². The number of aliphatic carboxylic acids is 3. The van der Waals surface area contributed by atoms with Crippen molar-refractivity contribution in [2.24, 2.45) is 0 Å². The molecule has 0 N–H and O–H groups in total. The van der Waals surface area contributed by atoms with Crippen molar-refractivity contribution in [2.75, 3.05) is 0 Å². The number of carboxylic acid groups (broad SMARTS) is 3. The van der Waals surface area contributed by atoms with E-state index < -0.39 is 17.9 Å². The van der Waals surface area contributed by atoms with Gasteiger partial charge in [-0.2, -0.15) is 0 Å². The van der Waals surface area contributed by atoms with Gasteiger partial charge in [-0.15, -0.1) is 19.7 Å². The third-order valence-corrected chi connectivity index (χ3v) is 3.87. The Kier molecular flexibility index (Phi) is 38.7. The van der Waals surface area contributed by atoms with Crippen molar-refractivity contribution in [1.82, 2.24) is 0 Å². The second-order valence-corrected chi connectivity index (χ2v) is 6.78. The van der Waals surface area contributed by atoms with E-state index in [0.29, 0.717) is 0 Å². The number of rotatable bonds is 18. The molecule has 0 aromatic heterocycles. The molecular formula is C24H39AlO6. The van der Waals surface area contributed by atoms with Crippen LogP contribution in [-0.2, 0) is 14.4 Å². The van der Waals surface area contributed by atoms with Crippen LogP contribution in [-0.4, -0.2) is 35.3 Å². The average molecular weight is 451 g/mol. The zero-order chi connectivity index (χ0) is 23.5. The third kappa shape index (κ3) is 52.5. The van der Waals surface area contributed by atoms with Gasteiger partial charge in [0, 0.05) is 17.9 Å². The first-order valence-corrected chi connectivity index (χ1v) is 10.7. The molecule has 174 valence electrons. The fourth-order valence-corrected chi connectivity index (χ4v) is 2.20. The van der Waals surface area contributed by atoms with Crippen LogP contribution in [0, 0.1) is 0 Å². The van der Waals surface area contributed by atoms with Crippen LogP contribution < -0.4 is 15.3 Å². The van der Waals surface area contributed by atoms with Gasteiger partial charge in [0.25, 0.3) is 0 Å². The first kappa shape index (κ1) is 36.5. The summed E-state index contributed by atoms with van der Waals surface area (Å²) < 4.78 is 0. The third-order valence-electron chi connectivity index (χ3n) is 3.87. The van der Waals surface area contributed by atoms with Crippen molar-refractivity contribution in [1.29, 1.82) is 0 Å². The number of hydrogen-bond donors (Lipinski definition) is 0. The SMILES string of the molecule is C=CCCCCCC(=O)[O-].C=CCCCCCC(=O)[O-].C=CCCCCCC(=O)[O-].[Al+3]. The molecule has 0 aliphatic carbocycles. The Morgan fingerprint density at radius 2 is 0.710 bits per heavy atom. The molecule has 0 unspecified atom stereocenters. The van der Waals surface area contributed by atoms with Crippen LogP contribution in [0.15, 0.2) is 38.0 Å². The van der Waals surface area contributed by atoms with Crippen LogP contribution in [0.25, 0.3) is 0 Å². The van der Waals surface area contributed by atoms with Crippen molar-refractivity contribution in [3.8, 4) is 0 Å². The maximum Gasteiger partial charge on any atom is 3.00 e. The van der Waals surface area contributed by atoms with Gasteiger partial charge < -0.3 is 29.7 Å². The predicted octanol–water partition coefficient (Wildman–Crippen LogP) is 2.24. The van der Waals surface area contributed by atoms with Gasteiger partial charge >= 0.3 is 17.4 Å². The summed E-state index contributed by atoms with van der Waals surface area (Å²) in [4.78, 5) is 29.7. The summed E-state index contributed by atoms with van der Waals surface area (Å²) in [5.41, 5.74) is 0. The van der Waals surface area contributed by atoms with E-state index in [2.05, 4.69) is 19.7 Å². The van der Waals surface area contributed by atoms with Gasteiger partial charge in [0.2, 0.25) is 0 Å². The van der Waals surface area contributed by atoms with E-state index in [1.807, 2.05) is 18.2 Å². The van der Waals surface area contributed by atoms with Crippen LogP contribution in [0.4, 0.5) is 0 Å². The van der Waals surface area contributed by atoms with Crippen molar-refractivity contribution in [3.05, 3.63) is 38.0 Å². The maximum atomic E-state index is 9.90. The molecule has 6 nitrogen and oxygen atoms in total. The second-order valence-electron chi connectivity index (χ2n) is 6.78. The Bertz CT molecular complexity index is 396. The molecule has 0 heterocycles. The minimum atomic E-state index is -0.946. The Labute approximate surface area is 199 Å². The topological polar surface area (TPSA) is 120 Å². The van der Waals surface area contributed by atoms with Crippen LogP contribution in [0.5, 0.6) is 0 Å². The minimum Gasteiger partial charge on any atom is -0.550 e. The number of carbonyl (C=O) groups is 3. The molecule has 0 rings (SSSR count). The second kappa shape index (κ2) is 32.8. The number of unbranched alkanes of at least 4 members (excludes halogenated alkanes) is 9. The summed E-state index contributed by atoms with van der Waals surface area (Å²) in [6.07, 6.45) is 17.2. The Morgan fingerprint density at radius 1 is 0.484 bits per heavy atom. The smallest absolute Gasteiger partial charge is 0.550 e. The quantitative estimate of drug-likeness (QED) is 0.179. The summed E-state index contributed by atoms with van der Waals surface area (Å²) in [7, 11) is 0. The van der Waals surface area contributed by atoms with Crippen molar-refractivity contribution < 1.29 is 29.7 Å². The summed E-state index contributed by atoms with van der Waals surface area (Å²) in [5, 5.41) is 29.7. The van der Waals surface area contributed by atoms with Crippen molar-refractivity contribution in [2.45, 2.75) is 96.3 Å². The molecule has 0 aromatic rings. The minimum absolute atomic E-state index is 0. The van der Waals surface area contributed by atoms with Gasteiger partial charge in [0.05, 0.1) is 0 Å². The Morgan fingerprint density at radius 3 is 0.871 bits per heavy atom. The van der Waals surface area contributed by atoms with Gasteiger partial charge in [-0.3, -0.25) is 0 Å². The van der Waals surface area contributed by atoms with Crippen LogP contribution in [0.3, 0.4) is 0 Å². The van der Waals surface area contributed by atoms with Crippen LogP contribution >= 0.6 is 0 Å². The first-order valence-electron chi connectivity index (χ1n) is 10.7. The van der Waals surface area contributed by atoms with Gasteiger partial charge in [0.15, 0.2) is 0 Å². The Balaban J connectivity index is -0.000000174. The van der Waals surface area contributed by atoms with Gasteiger partial charge in [0.1, 0.15) is 0 Å². The molecule has 0 radical (unpaired) electrons. The standard InChI is InChI=1S/3C8H14O2.Al/c3*1-2-3-4-5-6-7-8(9)10;/h3*2H,1,3-7H2,(H,9,10);/q;;;+3/p-3. The molecule has 0 aliphatic rings. The summed E-state index contributed by atoms with van der Waals surface area (Å²) in [5.74, 6) is -2.84. The molecular weight excluding hydrogens is 411 g/mol. The normalized spacial score (nSPS) is 8.90. The largest absolute Gasteiger partial charge is 3.00 e. The van der Waals surface area contributed by atoms with E-state index in [-0.39, 0.29) is 36.6 Å². The van der Waals surface area contributed by atoms with Gasteiger partial charge in [-0.25, -0.2) is 0 Å². The van der Waals surface area contributed by atoms with Gasteiger partial charge in [-0.05, 0) is 77.0 Å². The predicted molar refractivity (Wildman–Crippen MR) is 121 cm³/mol. The zero-order valence-electron chi connectivity index (χ0n) is 19.0. The van der Waals surface area contributed by atoms with E-state index in [0.717, 1.165) is 77.0 Å². The number of allylic oxidation sites excluding steroid dienone is 3. The van der Waals surface area contributed by atoms with Crippen molar-refractivity contribution in [3.63, 3.8) is 0 Å². The molecule has 0 amide bonds. The average Bonchev–Trinajstić information content (AvgIpc) is 2.68. The molecule has 0 saturated carbocycles. The van der Waals surface area contributed by atoms with E-state index in [4.69, 9.17) is 0 Å². The molecule has 0 aromatic carbocycles. The van der Waals surface area contributed by atoms with Crippen LogP contribution in [0.1, 0.15) is 96.3 Å². The molecule has 0 fully saturated rings. The molecule has 0 spiro atoms. The fourth-order valence-electron chi connectivity index (χ4n) is 2.20. The fraction of sp³-hybridized carbons (Fsp3) is 0.625. The molecule has 0 aliphatic heterocycles. The first-order chi connectivity index (χ1) is 14.3. The monoisotopic (exact) mass is 450 g/mol. The summed E-state index contributed by atoms with van der Waals surface area (Å²) in [6, 6.07) is 0. The molecule has 0 saturated heterocycles. The maximum absolute atomic E-state index is 9.90. The van der Waals surface area contributed by atoms with Crippen LogP contribution in [0.2, 0.25) is 0 Å². The molecule has 0 bridgehead atoms.